The summed E-state index contributed by atoms with van der Waals surface area (Å²) >= 11 is 0. The molecule has 1 aromatic rings. The molecule has 0 heterocycles. The van der Waals surface area contributed by atoms with Crippen molar-refractivity contribution in [2.45, 2.75) is 12.8 Å². The Balaban J connectivity index is 1.87. The number of amides is 1. The Morgan fingerprint density at radius 3 is 2.36 bits per heavy atom. The van der Waals surface area contributed by atoms with Gasteiger partial charge in [-0.15, -0.1) is 0 Å². The number of benzene rings is 1. The van der Waals surface area contributed by atoms with Gasteiger partial charge in [0.1, 0.15) is 0 Å². The average Bonchev–Trinajstić information content (AvgIpc) is 3.23. The maximum Gasteiger partial charge on any atom is 0.307 e. The van der Waals surface area contributed by atoms with Crippen LogP contribution in [0.4, 0.5) is 5.69 Å². The van der Waals surface area contributed by atoms with Gasteiger partial charge in [-0.3, -0.25) is 9.59 Å². The van der Waals surface area contributed by atoms with E-state index in [-0.39, 0.29) is 30.7 Å². The number of anilines is 1. The summed E-state index contributed by atoms with van der Waals surface area (Å²) in [5, 5.41) is 11.6. The van der Waals surface area contributed by atoms with Crippen LogP contribution in [0.5, 0.6) is 0 Å². The van der Waals surface area contributed by atoms with E-state index >= 15 is 0 Å². The third-order valence-electron chi connectivity index (χ3n) is 5.12. The first-order valence-corrected chi connectivity index (χ1v) is 8.35. The van der Waals surface area contributed by atoms with Gasteiger partial charge in [0.05, 0.1) is 19.4 Å². The zero-order valence-electron chi connectivity index (χ0n) is 14.0. The number of nitrogens with zero attached hydrogens (tertiary/aromatic N) is 1. The van der Waals surface area contributed by atoms with Gasteiger partial charge in [-0.25, -0.2) is 0 Å². The van der Waals surface area contributed by atoms with Crippen LogP contribution in [0.15, 0.2) is 42.5 Å². The molecular formula is C19H20NO5-. The van der Waals surface area contributed by atoms with Crippen LogP contribution < -0.4 is 10.0 Å². The molecule has 0 spiro atoms. The summed E-state index contributed by atoms with van der Waals surface area (Å²) in [7, 11) is 1.30. The zero-order valence-corrected chi connectivity index (χ0v) is 14.0. The maximum absolute atomic E-state index is 13.2. The van der Waals surface area contributed by atoms with Crippen molar-refractivity contribution in [2.24, 2.45) is 23.7 Å². The van der Waals surface area contributed by atoms with Gasteiger partial charge in [0, 0.05) is 24.1 Å². The number of carbonyl (C=O) groups is 3. The van der Waals surface area contributed by atoms with Crippen molar-refractivity contribution < 1.29 is 24.2 Å². The van der Waals surface area contributed by atoms with Crippen LogP contribution in [-0.2, 0) is 19.1 Å². The molecule has 0 unspecified atom stereocenters. The molecule has 0 saturated heterocycles. The van der Waals surface area contributed by atoms with Gasteiger partial charge in [-0.1, -0.05) is 30.4 Å². The first kappa shape index (κ1) is 17.2. The molecule has 3 rings (SSSR count). The predicted octanol–water partition coefficient (Wildman–Crippen LogP) is 0.771. The second kappa shape index (κ2) is 7.09. The first-order valence-electron chi connectivity index (χ1n) is 8.35. The molecule has 0 N–H and O–H groups in total. The molecule has 2 aliphatic rings. The lowest BCUT2D eigenvalue weighted by Crippen LogP contribution is -2.47. The van der Waals surface area contributed by atoms with Crippen LogP contribution in [-0.4, -0.2) is 31.5 Å². The molecular weight excluding hydrogens is 322 g/mol. The van der Waals surface area contributed by atoms with Gasteiger partial charge < -0.3 is 19.5 Å². The van der Waals surface area contributed by atoms with Gasteiger partial charge in [0.2, 0.25) is 5.91 Å². The van der Waals surface area contributed by atoms with E-state index in [4.69, 9.17) is 0 Å². The lowest BCUT2D eigenvalue weighted by atomic mass is 9.82. The van der Waals surface area contributed by atoms with Gasteiger partial charge >= 0.3 is 5.97 Å². The molecule has 1 aromatic carbocycles. The molecule has 132 valence electrons. The minimum Gasteiger partial charge on any atom is -0.550 e. The molecule has 0 radical (unpaired) electrons. The second-order valence-electron chi connectivity index (χ2n) is 6.47. The summed E-state index contributed by atoms with van der Waals surface area (Å²) in [5.41, 5.74) is 0.639. The number of aliphatic carboxylic acids is 1. The van der Waals surface area contributed by atoms with Gasteiger partial charge in [-0.2, -0.15) is 0 Å². The molecule has 25 heavy (non-hydrogen) atoms. The number of ether oxygens (including phenoxy) is 1. The van der Waals surface area contributed by atoms with Gasteiger partial charge in [0.15, 0.2) is 0 Å². The van der Waals surface area contributed by atoms with Crippen molar-refractivity contribution in [1.29, 1.82) is 0 Å². The van der Waals surface area contributed by atoms with Crippen LogP contribution >= 0.6 is 0 Å². The van der Waals surface area contributed by atoms with Crippen LogP contribution in [0.2, 0.25) is 0 Å². The molecule has 2 aliphatic carbocycles. The highest BCUT2D eigenvalue weighted by Crippen LogP contribution is 2.48. The van der Waals surface area contributed by atoms with E-state index in [1.165, 1.54) is 12.0 Å². The minimum atomic E-state index is -1.18. The summed E-state index contributed by atoms with van der Waals surface area (Å²) < 4.78 is 4.66. The molecule has 1 saturated carbocycles. The number of fused-ring (bicyclic) bond motifs is 2. The number of hydrogen-bond acceptors (Lipinski definition) is 5. The molecule has 4 atom stereocenters. The van der Waals surface area contributed by atoms with Gasteiger partial charge in [0.25, 0.3) is 0 Å². The zero-order chi connectivity index (χ0) is 18.0. The van der Waals surface area contributed by atoms with Crippen molar-refractivity contribution in [2.75, 3.05) is 18.6 Å². The quantitative estimate of drug-likeness (QED) is 0.563. The number of esters is 1. The van der Waals surface area contributed by atoms with Crippen molar-refractivity contribution in [3.05, 3.63) is 42.5 Å². The monoisotopic (exact) mass is 342 g/mol. The smallest absolute Gasteiger partial charge is 0.307 e. The van der Waals surface area contributed by atoms with E-state index in [1.54, 1.807) is 24.3 Å². The SMILES string of the molecule is COC(=O)CCN(C(=O)[C@@H]1[C@H](C(=O)[O-])[C@H]2C=C[C@H]1C2)c1ccccc1. The summed E-state index contributed by atoms with van der Waals surface area (Å²) in [6, 6.07) is 8.96. The summed E-state index contributed by atoms with van der Waals surface area (Å²) in [5.74, 6) is -3.59. The van der Waals surface area contributed by atoms with E-state index in [9.17, 15) is 19.5 Å². The summed E-state index contributed by atoms with van der Waals surface area (Å²) in [6.45, 7) is 0.146. The molecule has 6 nitrogen and oxygen atoms in total. The Morgan fingerprint density at radius 1 is 1.12 bits per heavy atom. The number of carboxylic acids is 1. The van der Waals surface area contributed by atoms with Crippen molar-refractivity contribution in [3.8, 4) is 0 Å². The Hall–Kier alpha value is -2.63. The Labute approximate surface area is 146 Å². The van der Waals surface area contributed by atoms with Crippen LogP contribution in [0.25, 0.3) is 0 Å². The van der Waals surface area contributed by atoms with Gasteiger partial charge in [-0.05, 0) is 30.4 Å². The number of para-hydroxylation sites is 1. The fourth-order valence-corrected chi connectivity index (χ4v) is 3.94. The van der Waals surface area contributed by atoms with E-state index in [1.807, 2.05) is 18.2 Å². The highest BCUT2D eigenvalue weighted by molar-refractivity contribution is 5.98. The predicted molar refractivity (Wildman–Crippen MR) is 88.2 cm³/mol. The number of carboxylic acid groups (broad SMARTS) is 1. The standard InChI is InChI=1S/C19H21NO5/c1-25-15(21)9-10-20(14-5-3-2-4-6-14)18(22)16-12-7-8-13(11-12)17(16)19(23)24/h2-8,12-13,16-17H,9-11H2,1H3,(H,23,24)/p-1/t12-,13-,16-,17+/m0/s1. The molecule has 1 amide bonds. The largest absolute Gasteiger partial charge is 0.550 e. The summed E-state index contributed by atoms with van der Waals surface area (Å²) in [4.78, 5) is 37.8. The topological polar surface area (TPSA) is 86.7 Å². The molecule has 6 heteroatoms. The number of rotatable bonds is 6. The number of methoxy groups -OCH3 is 1. The molecule has 1 fully saturated rings. The Bertz CT molecular complexity index is 699. The van der Waals surface area contributed by atoms with E-state index in [2.05, 4.69) is 4.74 Å². The van der Waals surface area contributed by atoms with Crippen LogP contribution in [0.1, 0.15) is 12.8 Å². The van der Waals surface area contributed by atoms with Crippen molar-refractivity contribution in [3.63, 3.8) is 0 Å². The fraction of sp³-hybridized carbons (Fsp3) is 0.421. The third kappa shape index (κ3) is 3.29. The highest BCUT2D eigenvalue weighted by atomic mass is 16.5. The number of allylic oxidation sites excluding steroid dienone is 2. The van der Waals surface area contributed by atoms with E-state index < -0.39 is 23.8 Å². The van der Waals surface area contributed by atoms with Crippen LogP contribution in [0.3, 0.4) is 0 Å². The lowest BCUT2D eigenvalue weighted by Gasteiger charge is -2.33. The fourth-order valence-electron chi connectivity index (χ4n) is 3.94. The summed E-state index contributed by atoms with van der Waals surface area (Å²) in [6.07, 6.45) is 4.50. The first-order chi connectivity index (χ1) is 12.0. The van der Waals surface area contributed by atoms with Crippen LogP contribution in [0, 0.1) is 23.7 Å². The third-order valence-corrected chi connectivity index (χ3v) is 5.12. The molecule has 0 aliphatic heterocycles. The normalized spacial score (nSPS) is 26.4. The highest BCUT2D eigenvalue weighted by Gasteiger charge is 2.50. The lowest BCUT2D eigenvalue weighted by molar-refractivity contribution is -0.313. The maximum atomic E-state index is 13.2. The van der Waals surface area contributed by atoms with E-state index in [0.29, 0.717) is 12.1 Å². The molecule has 0 aromatic heterocycles. The Morgan fingerprint density at radius 2 is 1.76 bits per heavy atom. The average molecular weight is 342 g/mol. The van der Waals surface area contributed by atoms with E-state index in [0.717, 1.165) is 0 Å². The van der Waals surface area contributed by atoms with Crippen molar-refractivity contribution in [1.82, 2.24) is 0 Å². The molecule has 2 bridgehead atoms. The second-order valence-corrected chi connectivity index (χ2v) is 6.47. The Kier molecular flexibility index (Phi) is 4.88. The number of hydrogen-bond donors (Lipinski definition) is 0. The van der Waals surface area contributed by atoms with Crippen molar-refractivity contribution >= 4 is 23.5 Å². The minimum absolute atomic E-state index is 0.0454. The number of carbonyl (C=O) groups excluding carboxylic acids is 3.